The van der Waals surface area contributed by atoms with Gasteiger partial charge in [-0.3, -0.25) is 4.79 Å². The van der Waals surface area contributed by atoms with Crippen molar-refractivity contribution in [1.82, 2.24) is 0 Å². The maximum Gasteiger partial charge on any atom is 0.227 e. The fraction of sp³-hybridized carbons (Fsp3) is 0.278. The topological polar surface area (TPSA) is 29.5 Å². The van der Waals surface area contributed by atoms with Crippen LogP contribution in [0.5, 0.6) is 5.75 Å². The summed E-state index contributed by atoms with van der Waals surface area (Å²) in [5.74, 6) is 0.731. The fourth-order valence-electron chi connectivity index (χ4n) is 2.39. The van der Waals surface area contributed by atoms with Crippen molar-refractivity contribution in [2.45, 2.75) is 19.8 Å². The number of ether oxygens (including phenoxy) is 1. The molecule has 1 amide bonds. The lowest BCUT2D eigenvalue weighted by Crippen LogP contribution is -2.30. The standard InChI is InChI=1S/C18H20ClNO2/c1-3-20(15-9-5-4-6-10-15)17(21)13-12-14-8-7-11-16(22-2)18(14)19/h4-11H,3,12-13H2,1-2H3. The Kier molecular flexibility index (Phi) is 5.84. The van der Waals surface area contributed by atoms with Crippen LogP contribution in [0.3, 0.4) is 0 Å². The summed E-state index contributed by atoms with van der Waals surface area (Å²) in [6, 6.07) is 15.3. The second-order valence-electron chi connectivity index (χ2n) is 4.91. The highest BCUT2D eigenvalue weighted by Gasteiger charge is 2.15. The van der Waals surface area contributed by atoms with Crippen molar-refractivity contribution >= 4 is 23.2 Å². The number of methoxy groups -OCH3 is 1. The van der Waals surface area contributed by atoms with E-state index in [1.54, 1.807) is 12.0 Å². The summed E-state index contributed by atoms with van der Waals surface area (Å²) in [6.45, 7) is 2.62. The lowest BCUT2D eigenvalue weighted by molar-refractivity contribution is -0.118. The highest BCUT2D eigenvalue weighted by molar-refractivity contribution is 6.32. The molecule has 0 heterocycles. The number of anilines is 1. The lowest BCUT2D eigenvalue weighted by Gasteiger charge is -2.21. The van der Waals surface area contributed by atoms with Gasteiger partial charge in [0.05, 0.1) is 12.1 Å². The zero-order valence-corrected chi connectivity index (χ0v) is 13.6. The first kappa shape index (κ1) is 16.4. The van der Waals surface area contributed by atoms with Gasteiger partial charge in [0, 0.05) is 18.7 Å². The molecular weight excluding hydrogens is 298 g/mol. The molecule has 0 radical (unpaired) electrons. The summed E-state index contributed by atoms with van der Waals surface area (Å²) in [6.07, 6.45) is 1.01. The Bertz CT molecular complexity index is 628. The fourth-order valence-corrected chi connectivity index (χ4v) is 2.69. The van der Waals surface area contributed by atoms with E-state index in [0.717, 1.165) is 11.3 Å². The molecule has 0 aliphatic heterocycles. The van der Waals surface area contributed by atoms with Crippen LogP contribution in [-0.4, -0.2) is 19.6 Å². The number of amides is 1. The summed E-state index contributed by atoms with van der Waals surface area (Å²) in [7, 11) is 1.59. The number of carbonyl (C=O) groups excluding carboxylic acids is 1. The number of halogens is 1. The molecule has 0 spiro atoms. The summed E-state index contributed by atoms with van der Waals surface area (Å²) in [4.78, 5) is 14.3. The van der Waals surface area contributed by atoms with Crippen LogP contribution in [-0.2, 0) is 11.2 Å². The van der Waals surface area contributed by atoms with Gasteiger partial charge in [0.1, 0.15) is 5.75 Å². The maximum atomic E-state index is 12.5. The predicted molar refractivity (Wildman–Crippen MR) is 90.8 cm³/mol. The SMILES string of the molecule is CCN(C(=O)CCc1cccc(OC)c1Cl)c1ccccc1. The summed E-state index contributed by atoms with van der Waals surface area (Å²) in [5, 5.41) is 0.584. The van der Waals surface area contributed by atoms with E-state index in [2.05, 4.69) is 0 Å². The molecule has 0 saturated heterocycles. The van der Waals surface area contributed by atoms with Crippen molar-refractivity contribution in [1.29, 1.82) is 0 Å². The second kappa shape index (κ2) is 7.85. The van der Waals surface area contributed by atoms with E-state index in [4.69, 9.17) is 16.3 Å². The number of para-hydroxylation sites is 1. The van der Waals surface area contributed by atoms with Gasteiger partial charge in [0.25, 0.3) is 0 Å². The molecule has 116 valence electrons. The van der Waals surface area contributed by atoms with E-state index in [0.29, 0.717) is 30.2 Å². The van der Waals surface area contributed by atoms with Gasteiger partial charge in [-0.1, -0.05) is 41.9 Å². The van der Waals surface area contributed by atoms with Gasteiger partial charge in [-0.2, -0.15) is 0 Å². The molecule has 22 heavy (non-hydrogen) atoms. The van der Waals surface area contributed by atoms with Crippen LogP contribution in [0, 0.1) is 0 Å². The van der Waals surface area contributed by atoms with Crippen molar-refractivity contribution < 1.29 is 9.53 Å². The summed E-state index contributed by atoms with van der Waals surface area (Å²) in [5.41, 5.74) is 1.85. The third-order valence-corrected chi connectivity index (χ3v) is 3.99. The zero-order valence-electron chi connectivity index (χ0n) is 12.9. The molecule has 0 N–H and O–H groups in total. The largest absolute Gasteiger partial charge is 0.495 e. The predicted octanol–water partition coefficient (Wildman–Crippen LogP) is 4.33. The molecule has 0 bridgehead atoms. The number of nitrogens with zero attached hydrogens (tertiary/aromatic N) is 1. The van der Waals surface area contributed by atoms with Crippen molar-refractivity contribution in [2.75, 3.05) is 18.6 Å². The highest BCUT2D eigenvalue weighted by Crippen LogP contribution is 2.28. The number of hydrogen-bond acceptors (Lipinski definition) is 2. The Morgan fingerprint density at radius 3 is 2.50 bits per heavy atom. The van der Waals surface area contributed by atoms with Gasteiger partial charge in [-0.15, -0.1) is 0 Å². The van der Waals surface area contributed by atoms with E-state index in [1.807, 2.05) is 55.5 Å². The van der Waals surface area contributed by atoms with Crippen LogP contribution in [0.4, 0.5) is 5.69 Å². The highest BCUT2D eigenvalue weighted by atomic mass is 35.5. The third kappa shape index (κ3) is 3.80. The first-order valence-electron chi connectivity index (χ1n) is 7.34. The number of carbonyl (C=O) groups is 1. The van der Waals surface area contributed by atoms with Crippen molar-refractivity contribution in [3.05, 3.63) is 59.1 Å². The molecular formula is C18H20ClNO2. The number of rotatable bonds is 6. The molecule has 0 saturated carbocycles. The molecule has 4 heteroatoms. The molecule has 0 aromatic heterocycles. The minimum absolute atomic E-state index is 0.0904. The van der Waals surface area contributed by atoms with Gasteiger partial charge in [0.15, 0.2) is 0 Å². The normalized spacial score (nSPS) is 10.3. The molecule has 2 aromatic carbocycles. The molecule has 0 aliphatic carbocycles. The van der Waals surface area contributed by atoms with Crippen LogP contribution >= 0.6 is 11.6 Å². The molecule has 2 aromatic rings. The second-order valence-corrected chi connectivity index (χ2v) is 5.28. The smallest absolute Gasteiger partial charge is 0.227 e. The Morgan fingerprint density at radius 1 is 1.14 bits per heavy atom. The Morgan fingerprint density at radius 2 is 1.86 bits per heavy atom. The van der Waals surface area contributed by atoms with Crippen molar-refractivity contribution in [2.24, 2.45) is 0 Å². The average molecular weight is 318 g/mol. The summed E-state index contributed by atoms with van der Waals surface area (Å²) >= 11 is 6.27. The monoisotopic (exact) mass is 317 g/mol. The van der Waals surface area contributed by atoms with Crippen LogP contribution in [0.25, 0.3) is 0 Å². The minimum Gasteiger partial charge on any atom is -0.495 e. The molecule has 3 nitrogen and oxygen atoms in total. The Balaban J connectivity index is 2.06. The molecule has 2 rings (SSSR count). The van der Waals surface area contributed by atoms with Crippen molar-refractivity contribution in [3.63, 3.8) is 0 Å². The quantitative estimate of drug-likeness (QED) is 0.793. The van der Waals surface area contributed by atoms with Crippen LogP contribution in [0.15, 0.2) is 48.5 Å². The van der Waals surface area contributed by atoms with E-state index < -0.39 is 0 Å². The minimum atomic E-state index is 0.0904. The third-order valence-electron chi connectivity index (χ3n) is 3.56. The maximum absolute atomic E-state index is 12.5. The van der Waals surface area contributed by atoms with E-state index in [-0.39, 0.29) is 5.91 Å². The van der Waals surface area contributed by atoms with Gasteiger partial charge in [-0.05, 0) is 37.1 Å². The molecule has 0 unspecified atom stereocenters. The first-order chi connectivity index (χ1) is 10.7. The Labute approximate surface area is 136 Å². The Hall–Kier alpha value is -2.00. The van der Waals surface area contributed by atoms with E-state index in [1.165, 1.54) is 0 Å². The van der Waals surface area contributed by atoms with Gasteiger partial charge >= 0.3 is 0 Å². The average Bonchev–Trinajstić information content (AvgIpc) is 2.55. The van der Waals surface area contributed by atoms with Gasteiger partial charge in [-0.25, -0.2) is 0 Å². The number of hydrogen-bond donors (Lipinski definition) is 0. The lowest BCUT2D eigenvalue weighted by atomic mass is 10.1. The van der Waals surface area contributed by atoms with Gasteiger partial charge in [0.2, 0.25) is 5.91 Å². The van der Waals surface area contributed by atoms with Crippen LogP contribution < -0.4 is 9.64 Å². The molecule has 0 fully saturated rings. The van der Waals surface area contributed by atoms with Crippen LogP contribution in [0.2, 0.25) is 5.02 Å². The van der Waals surface area contributed by atoms with E-state index >= 15 is 0 Å². The molecule has 0 atom stereocenters. The van der Waals surface area contributed by atoms with Crippen LogP contribution in [0.1, 0.15) is 18.9 Å². The first-order valence-corrected chi connectivity index (χ1v) is 7.72. The zero-order chi connectivity index (χ0) is 15.9. The van der Waals surface area contributed by atoms with Crippen molar-refractivity contribution in [3.8, 4) is 5.75 Å². The molecule has 0 aliphatic rings. The number of benzene rings is 2. The number of aryl methyl sites for hydroxylation is 1. The summed E-state index contributed by atoms with van der Waals surface area (Å²) < 4.78 is 5.20. The van der Waals surface area contributed by atoms with E-state index in [9.17, 15) is 4.79 Å². The van der Waals surface area contributed by atoms with Gasteiger partial charge < -0.3 is 9.64 Å².